The number of nitrogens with two attached hydrogens (primary N) is 1. The third kappa shape index (κ3) is 3.32. The van der Waals surface area contributed by atoms with Crippen LogP contribution in [0, 0.1) is 6.92 Å². The second kappa shape index (κ2) is 4.88. The van der Waals surface area contributed by atoms with E-state index in [9.17, 15) is 13.0 Å². The van der Waals surface area contributed by atoms with Gasteiger partial charge >= 0.3 is 51.4 Å². The van der Waals surface area contributed by atoms with Gasteiger partial charge in [0.1, 0.15) is 10.1 Å². The van der Waals surface area contributed by atoms with Crippen molar-refractivity contribution in [3.8, 4) is 0 Å². The van der Waals surface area contributed by atoms with Crippen LogP contribution in [-0.4, -0.2) is 13.0 Å². The van der Waals surface area contributed by atoms with Gasteiger partial charge in [-0.1, -0.05) is 12.1 Å². The summed E-state index contributed by atoms with van der Waals surface area (Å²) in [7, 11) is -4.43. The quantitative estimate of drug-likeness (QED) is 0.325. The predicted molar refractivity (Wildman–Crippen MR) is 43.6 cm³/mol. The molecule has 4 nitrogen and oxygen atoms in total. The van der Waals surface area contributed by atoms with E-state index in [0.717, 1.165) is 0 Å². The molecule has 1 aromatic carbocycles. The van der Waals surface area contributed by atoms with Crippen LogP contribution in [0.5, 0.6) is 0 Å². The summed E-state index contributed by atoms with van der Waals surface area (Å²) < 4.78 is 31.7. The SMILES string of the molecule is Cc1cccc(S(=O)(=O)[O-])c1N.[K+]. The standard InChI is InChI=1S/C7H9NO3S.K/c1-5-3-2-4-6(7(5)8)12(9,10)11;/h2-4H,8H2,1H3,(H,9,10,11);/q;+1/p-1. The topological polar surface area (TPSA) is 83.2 Å². The molecule has 0 aliphatic rings. The summed E-state index contributed by atoms with van der Waals surface area (Å²) in [5, 5.41) is 0. The van der Waals surface area contributed by atoms with Crippen LogP contribution in [0.4, 0.5) is 5.69 Å². The van der Waals surface area contributed by atoms with E-state index in [1.54, 1.807) is 13.0 Å². The van der Waals surface area contributed by atoms with E-state index in [-0.39, 0.29) is 62.0 Å². The largest absolute Gasteiger partial charge is 1.00 e. The smallest absolute Gasteiger partial charge is 0.744 e. The zero-order valence-corrected chi connectivity index (χ0v) is 11.4. The molecule has 0 spiro atoms. The maximum atomic E-state index is 10.6. The number of aryl methyl sites for hydroxylation is 1. The van der Waals surface area contributed by atoms with Crippen molar-refractivity contribution in [3.05, 3.63) is 23.8 Å². The van der Waals surface area contributed by atoms with Crippen LogP contribution in [0.1, 0.15) is 5.56 Å². The molecule has 0 amide bonds. The summed E-state index contributed by atoms with van der Waals surface area (Å²) in [5.41, 5.74) is 6.01. The molecule has 13 heavy (non-hydrogen) atoms. The first-order valence-electron chi connectivity index (χ1n) is 3.24. The van der Waals surface area contributed by atoms with E-state index < -0.39 is 10.1 Å². The van der Waals surface area contributed by atoms with Gasteiger partial charge in [-0.15, -0.1) is 0 Å². The molecule has 0 aliphatic carbocycles. The van der Waals surface area contributed by atoms with E-state index in [0.29, 0.717) is 5.56 Å². The van der Waals surface area contributed by atoms with Gasteiger partial charge in [-0.2, -0.15) is 0 Å². The van der Waals surface area contributed by atoms with Gasteiger partial charge in [-0.05, 0) is 18.6 Å². The maximum absolute atomic E-state index is 10.6. The second-order valence-corrected chi connectivity index (χ2v) is 3.79. The first-order valence-corrected chi connectivity index (χ1v) is 4.65. The molecule has 0 atom stereocenters. The Morgan fingerprint density at radius 1 is 1.38 bits per heavy atom. The molecule has 6 heteroatoms. The van der Waals surface area contributed by atoms with E-state index in [4.69, 9.17) is 5.73 Å². The fourth-order valence-electron chi connectivity index (χ4n) is 0.872. The Labute approximate surface area is 120 Å². The van der Waals surface area contributed by atoms with Crippen molar-refractivity contribution < 1.29 is 64.4 Å². The minimum Gasteiger partial charge on any atom is -0.744 e. The minimum absolute atomic E-state index is 0. The third-order valence-electron chi connectivity index (χ3n) is 1.55. The summed E-state index contributed by atoms with van der Waals surface area (Å²) in [5.74, 6) is 0. The number of nitrogen functional groups attached to an aromatic ring is 1. The Hall–Kier alpha value is 0.566. The second-order valence-electron chi connectivity index (χ2n) is 2.44. The molecule has 0 aromatic heterocycles. The van der Waals surface area contributed by atoms with Crippen molar-refractivity contribution in [2.75, 3.05) is 5.73 Å². The molecule has 0 heterocycles. The van der Waals surface area contributed by atoms with E-state index in [1.165, 1.54) is 12.1 Å². The van der Waals surface area contributed by atoms with Gasteiger partial charge in [0.2, 0.25) is 0 Å². The number of rotatable bonds is 1. The molecule has 0 saturated carbocycles. The molecule has 1 rings (SSSR count). The fraction of sp³-hybridized carbons (Fsp3) is 0.143. The number of hydrogen-bond donors (Lipinski definition) is 1. The average molecular weight is 225 g/mol. The van der Waals surface area contributed by atoms with Gasteiger partial charge in [0.25, 0.3) is 0 Å². The summed E-state index contributed by atoms with van der Waals surface area (Å²) in [6, 6.07) is 4.32. The number of anilines is 1. The molecule has 0 aliphatic heterocycles. The van der Waals surface area contributed by atoms with Gasteiger partial charge < -0.3 is 10.3 Å². The average Bonchev–Trinajstić information content (AvgIpc) is 1.92. The molecule has 0 bridgehead atoms. The molecule has 0 unspecified atom stereocenters. The Bertz CT molecular complexity index is 402. The molecular weight excluding hydrogens is 217 g/mol. The predicted octanol–water partition coefficient (Wildman–Crippen LogP) is -2.51. The van der Waals surface area contributed by atoms with Crippen molar-refractivity contribution >= 4 is 15.8 Å². The molecule has 66 valence electrons. The van der Waals surface area contributed by atoms with Crippen LogP contribution in [0.15, 0.2) is 23.1 Å². The number of para-hydroxylation sites is 1. The van der Waals surface area contributed by atoms with Crippen molar-refractivity contribution in [2.45, 2.75) is 11.8 Å². The van der Waals surface area contributed by atoms with Gasteiger partial charge in [0, 0.05) is 0 Å². The molecule has 1 aromatic rings. The van der Waals surface area contributed by atoms with Crippen LogP contribution in [-0.2, 0) is 10.1 Å². The zero-order valence-electron chi connectivity index (χ0n) is 7.44. The Balaban J connectivity index is 0.00000144. The summed E-state index contributed by atoms with van der Waals surface area (Å²) >= 11 is 0. The van der Waals surface area contributed by atoms with Crippen LogP contribution >= 0.6 is 0 Å². The van der Waals surface area contributed by atoms with E-state index >= 15 is 0 Å². The number of benzene rings is 1. The Morgan fingerprint density at radius 3 is 2.31 bits per heavy atom. The summed E-state index contributed by atoms with van der Waals surface area (Å²) in [6.07, 6.45) is 0. The van der Waals surface area contributed by atoms with Crippen molar-refractivity contribution in [3.63, 3.8) is 0 Å². The molecular formula is C7H8KNO3S. The molecule has 0 fully saturated rings. The van der Waals surface area contributed by atoms with Crippen molar-refractivity contribution in [1.29, 1.82) is 0 Å². The first-order chi connectivity index (χ1) is 5.43. The van der Waals surface area contributed by atoms with Crippen molar-refractivity contribution in [1.82, 2.24) is 0 Å². The Kier molecular flexibility index (Phi) is 5.09. The fourth-order valence-corrected chi connectivity index (χ4v) is 1.55. The van der Waals surface area contributed by atoms with E-state index in [2.05, 4.69) is 0 Å². The van der Waals surface area contributed by atoms with Crippen molar-refractivity contribution in [2.24, 2.45) is 0 Å². The minimum atomic E-state index is -4.43. The Morgan fingerprint density at radius 2 is 1.92 bits per heavy atom. The van der Waals surface area contributed by atoms with Crippen LogP contribution < -0.4 is 57.1 Å². The van der Waals surface area contributed by atoms with Crippen LogP contribution in [0.3, 0.4) is 0 Å². The molecule has 2 N–H and O–H groups in total. The van der Waals surface area contributed by atoms with Crippen LogP contribution in [0.2, 0.25) is 0 Å². The van der Waals surface area contributed by atoms with E-state index in [1.807, 2.05) is 0 Å². The first kappa shape index (κ1) is 13.6. The van der Waals surface area contributed by atoms with Crippen LogP contribution in [0.25, 0.3) is 0 Å². The number of hydrogen-bond acceptors (Lipinski definition) is 4. The monoisotopic (exact) mass is 225 g/mol. The van der Waals surface area contributed by atoms with Gasteiger partial charge in [-0.3, -0.25) is 0 Å². The summed E-state index contributed by atoms with van der Waals surface area (Å²) in [6.45, 7) is 1.64. The van der Waals surface area contributed by atoms with Gasteiger partial charge in [0.15, 0.2) is 0 Å². The summed E-state index contributed by atoms with van der Waals surface area (Å²) in [4.78, 5) is -0.345. The molecule has 0 radical (unpaired) electrons. The molecule has 0 saturated heterocycles. The normalized spacial score (nSPS) is 10.6. The van der Waals surface area contributed by atoms with Gasteiger partial charge in [-0.25, -0.2) is 8.42 Å². The third-order valence-corrected chi connectivity index (χ3v) is 2.45. The van der Waals surface area contributed by atoms with Gasteiger partial charge in [0.05, 0.1) is 10.6 Å². The maximum Gasteiger partial charge on any atom is 1.00 e. The zero-order chi connectivity index (χ0) is 9.35.